The number of hydrogen-bond acceptors (Lipinski definition) is 4. The molecule has 0 bridgehead atoms. The molecule has 1 atom stereocenters. The molecule has 126 valence electrons. The van der Waals surface area contributed by atoms with Gasteiger partial charge in [-0.1, -0.05) is 28.1 Å². The highest BCUT2D eigenvalue weighted by atomic mass is 79.9. The van der Waals surface area contributed by atoms with Crippen LogP contribution >= 0.6 is 27.7 Å². The number of halogens is 1. The summed E-state index contributed by atoms with van der Waals surface area (Å²) in [5.41, 5.74) is 2.24. The first kappa shape index (κ1) is 17.2. The summed E-state index contributed by atoms with van der Waals surface area (Å²) in [4.78, 5) is 31.0. The van der Waals surface area contributed by atoms with E-state index in [2.05, 4.69) is 20.9 Å². The number of carbonyl (C=O) groups excluding carboxylic acids is 1. The zero-order valence-corrected chi connectivity index (χ0v) is 15.9. The summed E-state index contributed by atoms with van der Waals surface area (Å²) in [5.74, 6) is 0.840. The van der Waals surface area contributed by atoms with Gasteiger partial charge < -0.3 is 4.90 Å². The van der Waals surface area contributed by atoms with Gasteiger partial charge in [0.1, 0.15) is 11.9 Å². The molecule has 24 heavy (non-hydrogen) atoms. The van der Waals surface area contributed by atoms with Gasteiger partial charge >= 0.3 is 0 Å². The minimum absolute atomic E-state index is 0.000747. The third-order valence-electron chi connectivity index (χ3n) is 4.19. The predicted octanol–water partition coefficient (Wildman–Crippen LogP) is 2.90. The Labute approximate surface area is 153 Å². The lowest BCUT2D eigenvalue weighted by atomic mass is 10.2. The van der Waals surface area contributed by atoms with E-state index in [9.17, 15) is 9.59 Å². The van der Waals surface area contributed by atoms with Gasteiger partial charge in [-0.25, -0.2) is 4.98 Å². The van der Waals surface area contributed by atoms with Crippen molar-refractivity contribution in [3.63, 3.8) is 0 Å². The lowest BCUT2D eigenvalue weighted by Gasteiger charge is -2.24. The molecule has 0 radical (unpaired) electrons. The van der Waals surface area contributed by atoms with Crippen molar-refractivity contribution in [2.24, 2.45) is 0 Å². The maximum absolute atomic E-state index is 12.7. The molecular weight excluding hydrogens is 390 g/mol. The van der Waals surface area contributed by atoms with Gasteiger partial charge in [0.25, 0.3) is 5.56 Å². The van der Waals surface area contributed by atoms with Gasteiger partial charge in [-0.05, 0) is 31.5 Å². The number of nitrogens with zero attached hydrogens (tertiary/aromatic N) is 3. The van der Waals surface area contributed by atoms with Crippen LogP contribution in [0.25, 0.3) is 0 Å². The molecule has 2 heterocycles. The van der Waals surface area contributed by atoms with Gasteiger partial charge in [-0.15, -0.1) is 11.8 Å². The number of carbonyl (C=O) groups is 1. The van der Waals surface area contributed by atoms with Crippen LogP contribution < -0.4 is 5.56 Å². The molecule has 0 spiro atoms. The monoisotopic (exact) mass is 407 g/mol. The fraction of sp³-hybridized carbons (Fsp3) is 0.353. The van der Waals surface area contributed by atoms with Crippen molar-refractivity contribution in [3.8, 4) is 0 Å². The van der Waals surface area contributed by atoms with E-state index >= 15 is 0 Å². The summed E-state index contributed by atoms with van der Waals surface area (Å²) in [5, 5.41) is 0.000747. The van der Waals surface area contributed by atoms with E-state index < -0.39 is 0 Å². The highest BCUT2D eigenvalue weighted by Crippen LogP contribution is 2.38. The van der Waals surface area contributed by atoms with Gasteiger partial charge in [0, 0.05) is 28.0 Å². The van der Waals surface area contributed by atoms with Crippen molar-refractivity contribution in [2.45, 2.75) is 25.8 Å². The lowest BCUT2D eigenvalue weighted by molar-refractivity contribution is -0.132. The molecular formula is C17H18BrN3O2S. The van der Waals surface area contributed by atoms with E-state index in [1.54, 1.807) is 25.6 Å². The molecule has 1 unspecified atom stereocenters. The van der Waals surface area contributed by atoms with E-state index in [0.717, 1.165) is 15.8 Å². The molecule has 5 nitrogen and oxygen atoms in total. The van der Waals surface area contributed by atoms with Crippen molar-refractivity contribution in [2.75, 3.05) is 12.3 Å². The summed E-state index contributed by atoms with van der Waals surface area (Å²) in [6.45, 7) is 4.25. The number of benzene rings is 1. The molecule has 3 rings (SSSR count). The molecule has 1 amide bonds. The third kappa shape index (κ3) is 3.42. The Balaban J connectivity index is 1.80. The molecule has 1 aromatic carbocycles. The number of thioether (sulfide) groups is 1. The topological polar surface area (TPSA) is 55.2 Å². The Kier molecular flexibility index (Phi) is 5.10. The van der Waals surface area contributed by atoms with Crippen LogP contribution in [0.3, 0.4) is 0 Å². The first-order valence-electron chi connectivity index (χ1n) is 7.66. The minimum Gasteiger partial charge on any atom is -0.324 e. The van der Waals surface area contributed by atoms with Crippen molar-refractivity contribution in [1.82, 2.24) is 14.5 Å². The van der Waals surface area contributed by atoms with Crippen molar-refractivity contribution >= 4 is 33.6 Å². The van der Waals surface area contributed by atoms with Crippen LogP contribution in [0.4, 0.5) is 0 Å². The summed E-state index contributed by atoms with van der Waals surface area (Å²) >= 11 is 5.18. The largest absolute Gasteiger partial charge is 0.324 e. The number of rotatable bonds is 3. The summed E-state index contributed by atoms with van der Waals surface area (Å²) in [6, 6.07) is 8.01. The molecule has 1 aliphatic rings. The van der Waals surface area contributed by atoms with E-state index in [1.165, 1.54) is 10.9 Å². The molecule has 7 heteroatoms. The second-order valence-corrected chi connectivity index (χ2v) is 7.85. The van der Waals surface area contributed by atoms with Crippen LogP contribution in [0.1, 0.15) is 22.2 Å². The van der Waals surface area contributed by atoms with Crippen LogP contribution in [0, 0.1) is 13.8 Å². The van der Waals surface area contributed by atoms with E-state index in [-0.39, 0.29) is 23.4 Å². The second kappa shape index (κ2) is 7.11. The SMILES string of the molecule is Cc1ncn(CC(=O)N2CCSC2c2ccc(Br)cc2)c(=O)c1C. The zero-order valence-electron chi connectivity index (χ0n) is 13.5. The number of hydrogen-bond donors (Lipinski definition) is 0. The highest BCUT2D eigenvalue weighted by molar-refractivity contribution is 9.10. The minimum atomic E-state index is -0.150. The molecule has 1 aromatic heterocycles. The van der Waals surface area contributed by atoms with Crippen LogP contribution in [0.5, 0.6) is 0 Å². The average Bonchev–Trinajstić information content (AvgIpc) is 3.06. The maximum atomic E-state index is 12.7. The molecule has 0 N–H and O–H groups in total. The van der Waals surface area contributed by atoms with E-state index in [0.29, 0.717) is 17.8 Å². The number of amides is 1. The van der Waals surface area contributed by atoms with Crippen LogP contribution in [0.2, 0.25) is 0 Å². The van der Waals surface area contributed by atoms with Crippen molar-refractivity contribution < 1.29 is 4.79 Å². The fourth-order valence-corrected chi connectivity index (χ4v) is 4.20. The van der Waals surface area contributed by atoms with Gasteiger partial charge in [0.15, 0.2) is 0 Å². The molecule has 2 aromatic rings. The van der Waals surface area contributed by atoms with E-state index in [4.69, 9.17) is 0 Å². The molecule has 1 aliphatic heterocycles. The standard InChI is InChI=1S/C17H18BrN3O2S/c1-11-12(2)19-10-20(16(11)23)9-15(22)21-7-8-24-17(21)13-3-5-14(18)6-4-13/h3-6,10,17H,7-9H2,1-2H3. The Bertz CT molecular complexity index is 820. The zero-order chi connectivity index (χ0) is 17.3. The van der Waals surface area contributed by atoms with Gasteiger partial charge in [0.05, 0.1) is 6.33 Å². The Morgan fingerprint density at radius 2 is 2.04 bits per heavy atom. The Morgan fingerprint density at radius 1 is 1.33 bits per heavy atom. The number of aromatic nitrogens is 2. The quantitative estimate of drug-likeness (QED) is 0.784. The second-order valence-electron chi connectivity index (χ2n) is 5.75. The van der Waals surface area contributed by atoms with Gasteiger partial charge in [0.2, 0.25) is 5.91 Å². The van der Waals surface area contributed by atoms with Crippen LogP contribution in [-0.2, 0) is 11.3 Å². The van der Waals surface area contributed by atoms with Crippen molar-refractivity contribution in [3.05, 3.63) is 62.2 Å². The first-order chi connectivity index (χ1) is 11.5. The maximum Gasteiger partial charge on any atom is 0.256 e. The normalized spacial score (nSPS) is 17.3. The summed E-state index contributed by atoms with van der Waals surface area (Å²) in [6.07, 6.45) is 1.46. The smallest absolute Gasteiger partial charge is 0.256 e. The van der Waals surface area contributed by atoms with Crippen LogP contribution in [-0.4, -0.2) is 32.7 Å². The highest BCUT2D eigenvalue weighted by Gasteiger charge is 2.30. The molecule has 1 saturated heterocycles. The molecule has 1 fully saturated rings. The molecule has 0 saturated carbocycles. The fourth-order valence-electron chi connectivity index (χ4n) is 2.65. The summed E-state index contributed by atoms with van der Waals surface area (Å²) in [7, 11) is 0. The van der Waals surface area contributed by atoms with Gasteiger partial charge in [-0.3, -0.25) is 14.2 Å². The summed E-state index contributed by atoms with van der Waals surface area (Å²) < 4.78 is 2.41. The van der Waals surface area contributed by atoms with Crippen LogP contribution in [0.15, 0.2) is 39.9 Å². The first-order valence-corrected chi connectivity index (χ1v) is 9.50. The Morgan fingerprint density at radius 3 is 2.75 bits per heavy atom. The van der Waals surface area contributed by atoms with E-state index in [1.807, 2.05) is 29.2 Å². The third-order valence-corrected chi connectivity index (χ3v) is 5.98. The molecule has 0 aliphatic carbocycles. The average molecular weight is 408 g/mol. The lowest BCUT2D eigenvalue weighted by Crippen LogP contribution is -2.36. The van der Waals surface area contributed by atoms with Gasteiger partial charge in [-0.2, -0.15) is 0 Å². The van der Waals surface area contributed by atoms with Crippen molar-refractivity contribution in [1.29, 1.82) is 0 Å². The number of aryl methyl sites for hydroxylation is 1. The predicted molar refractivity (Wildman–Crippen MR) is 99.0 cm³/mol. The Hall–Kier alpha value is -1.60.